The normalized spacial score (nSPS) is 10.5. The highest BCUT2D eigenvalue weighted by molar-refractivity contribution is 9.08. The van der Waals surface area contributed by atoms with Crippen LogP contribution in [-0.2, 0) is 22.9 Å². The van der Waals surface area contributed by atoms with E-state index in [1.807, 2.05) is 6.07 Å². The molecule has 0 fully saturated rings. The SMILES string of the molecule is COCOc1cc(CCc2ccccc2)cc(OC)c1CBr. The van der Waals surface area contributed by atoms with E-state index in [4.69, 9.17) is 14.2 Å². The van der Waals surface area contributed by atoms with Gasteiger partial charge in [-0.1, -0.05) is 46.3 Å². The van der Waals surface area contributed by atoms with E-state index in [9.17, 15) is 0 Å². The van der Waals surface area contributed by atoms with Gasteiger partial charge >= 0.3 is 0 Å². The molecule has 0 aliphatic heterocycles. The molecule has 0 atom stereocenters. The average Bonchev–Trinajstić information content (AvgIpc) is 2.58. The number of benzene rings is 2. The van der Waals surface area contributed by atoms with Crippen molar-refractivity contribution in [3.8, 4) is 11.5 Å². The minimum absolute atomic E-state index is 0.227. The Balaban J connectivity index is 2.19. The van der Waals surface area contributed by atoms with Crippen molar-refractivity contribution >= 4 is 15.9 Å². The predicted octanol–water partition coefficient (Wildman–Crippen LogP) is 4.36. The summed E-state index contributed by atoms with van der Waals surface area (Å²) in [5, 5.41) is 0.675. The Morgan fingerprint density at radius 3 is 2.23 bits per heavy atom. The first-order valence-electron chi connectivity index (χ1n) is 7.20. The van der Waals surface area contributed by atoms with Crippen LogP contribution in [0, 0.1) is 0 Å². The number of alkyl halides is 1. The van der Waals surface area contributed by atoms with Crippen LogP contribution in [-0.4, -0.2) is 21.0 Å². The van der Waals surface area contributed by atoms with E-state index in [1.54, 1.807) is 14.2 Å². The largest absolute Gasteiger partial charge is 0.496 e. The summed E-state index contributed by atoms with van der Waals surface area (Å²) in [5.41, 5.74) is 3.52. The lowest BCUT2D eigenvalue weighted by molar-refractivity contribution is 0.0504. The Bertz CT molecular complexity index is 584. The number of hydrogen-bond donors (Lipinski definition) is 0. The topological polar surface area (TPSA) is 27.7 Å². The molecule has 0 N–H and O–H groups in total. The smallest absolute Gasteiger partial charge is 0.188 e. The van der Waals surface area contributed by atoms with E-state index in [1.165, 1.54) is 11.1 Å². The molecule has 22 heavy (non-hydrogen) atoms. The highest BCUT2D eigenvalue weighted by Crippen LogP contribution is 2.33. The quantitative estimate of drug-likeness (QED) is 0.514. The van der Waals surface area contributed by atoms with Crippen LogP contribution < -0.4 is 9.47 Å². The lowest BCUT2D eigenvalue weighted by Gasteiger charge is -2.15. The predicted molar refractivity (Wildman–Crippen MR) is 92.0 cm³/mol. The minimum Gasteiger partial charge on any atom is -0.496 e. The van der Waals surface area contributed by atoms with Crippen LogP contribution in [0.4, 0.5) is 0 Å². The van der Waals surface area contributed by atoms with Gasteiger partial charge in [0.05, 0.1) is 7.11 Å². The second-order valence-electron chi connectivity index (χ2n) is 4.94. The summed E-state index contributed by atoms with van der Waals surface area (Å²) in [5.74, 6) is 1.65. The molecule has 0 radical (unpaired) electrons. The first kappa shape index (κ1) is 16.8. The fraction of sp³-hybridized carbons (Fsp3) is 0.333. The molecule has 4 heteroatoms. The number of aryl methyl sites for hydroxylation is 2. The van der Waals surface area contributed by atoms with Gasteiger partial charge in [0.25, 0.3) is 0 Å². The van der Waals surface area contributed by atoms with E-state index in [-0.39, 0.29) is 6.79 Å². The van der Waals surface area contributed by atoms with Crippen LogP contribution in [0.2, 0.25) is 0 Å². The van der Waals surface area contributed by atoms with Crippen molar-refractivity contribution in [1.82, 2.24) is 0 Å². The van der Waals surface area contributed by atoms with Crippen molar-refractivity contribution < 1.29 is 14.2 Å². The highest BCUT2D eigenvalue weighted by Gasteiger charge is 2.12. The zero-order valence-electron chi connectivity index (χ0n) is 13.0. The molecular formula is C18H21BrO3. The molecule has 3 nitrogen and oxygen atoms in total. The van der Waals surface area contributed by atoms with Gasteiger partial charge < -0.3 is 14.2 Å². The monoisotopic (exact) mass is 364 g/mol. The number of ether oxygens (including phenoxy) is 3. The zero-order chi connectivity index (χ0) is 15.8. The summed E-state index contributed by atoms with van der Waals surface area (Å²) < 4.78 is 16.2. The van der Waals surface area contributed by atoms with E-state index >= 15 is 0 Å². The second-order valence-corrected chi connectivity index (χ2v) is 5.51. The van der Waals surface area contributed by atoms with E-state index in [2.05, 4.69) is 52.3 Å². The second kappa shape index (κ2) is 8.81. The molecule has 0 bridgehead atoms. The molecule has 0 saturated heterocycles. The van der Waals surface area contributed by atoms with Gasteiger partial charge in [-0.05, 0) is 36.1 Å². The Morgan fingerprint density at radius 2 is 1.59 bits per heavy atom. The minimum atomic E-state index is 0.227. The molecule has 0 aromatic heterocycles. The van der Waals surface area contributed by atoms with Crippen LogP contribution in [0.5, 0.6) is 11.5 Å². The van der Waals surface area contributed by atoms with Gasteiger partial charge in [-0.25, -0.2) is 0 Å². The fourth-order valence-electron chi connectivity index (χ4n) is 2.32. The molecule has 0 saturated carbocycles. The average molecular weight is 365 g/mol. The van der Waals surface area contributed by atoms with E-state index in [0.717, 1.165) is 29.9 Å². The molecule has 0 heterocycles. The highest BCUT2D eigenvalue weighted by atomic mass is 79.9. The lowest BCUT2D eigenvalue weighted by Crippen LogP contribution is -2.04. The molecule has 2 rings (SSSR count). The van der Waals surface area contributed by atoms with Gasteiger partial charge in [0.1, 0.15) is 11.5 Å². The van der Waals surface area contributed by atoms with Gasteiger partial charge in [-0.2, -0.15) is 0 Å². The number of halogens is 1. The van der Waals surface area contributed by atoms with Crippen molar-refractivity contribution in [2.75, 3.05) is 21.0 Å². The Kier molecular flexibility index (Phi) is 6.74. The molecule has 118 valence electrons. The first-order valence-corrected chi connectivity index (χ1v) is 8.32. The number of rotatable bonds is 8. The summed E-state index contributed by atoms with van der Waals surface area (Å²) in [6.07, 6.45) is 1.92. The van der Waals surface area contributed by atoms with Crippen LogP contribution in [0.25, 0.3) is 0 Å². The molecular weight excluding hydrogens is 344 g/mol. The van der Waals surface area contributed by atoms with E-state index < -0.39 is 0 Å². The third kappa shape index (κ3) is 4.49. The van der Waals surface area contributed by atoms with Crippen LogP contribution >= 0.6 is 15.9 Å². The summed E-state index contributed by atoms with van der Waals surface area (Å²) in [7, 11) is 3.30. The van der Waals surface area contributed by atoms with Crippen molar-refractivity contribution in [3.63, 3.8) is 0 Å². The molecule has 0 amide bonds. The summed E-state index contributed by atoms with van der Waals surface area (Å²) in [4.78, 5) is 0. The van der Waals surface area contributed by atoms with Gasteiger partial charge in [-0.3, -0.25) is 0 Å². The summed E-state index contributed by atoms with van der Waals surface area (Å²) >= 11 is 3.49. The third-order valence-corrected chi connectivity index (χ3v) is 4.02. The van der Waals surface area contributed by atoms with Crippen LogP contribution in [0.1, 0.15) is 16.7 Å². The molecule has 0 spiro atoms. The van der Waals surface area contributed by atoms with E-state index in [0.29, 0.717) is 5.33 Å². The Morgan fingerprint density at radius 1 is 0.909 bits per heavy atom. The molecule has 2 aromatic rings. The molecule has 0 unspecified atom stereocenters. The molecule has 0 aliphatic rings. The van der Waals surface area contributed by atoms with Gasteiger partial charge in [0.15, 0.2) is 6.79 Å². The van der Waals surface area contributed by atoms with Gasteiger partial charge in [0.2, 0.25) is 0 Å². The first-order chi connectivity index (χ1) is 10.8. The number of methoxy groups -OCH3 is 2. The van der Waals surface area contributed by atoms with Gasteiger partial charge in [-0.15, -0.1) is 0 Å². The standard InChI is InChI=1S/C18H21BrO3/c1-20-13-22-18-11-15(10-17(21-2)16(18)12-19)9-8-14-6-4-3-5-7-14/h3-7,10-11H,8-9,12-13H2,1-2H3. The Hall–Kier alpha value is -1.52. The lowest BCUT2D eigenvalue weighted by atomic mass is 10.0. The maximum absolute atomic E-state index is 5.68. The van der Waals surface area contributed by atoms with Crippen LogP contribution in [0.15, 0.2) is 42.5 Å². The Labute approximate surface area is 140 Å². The third-order valence-electron chi connectivity index (χ3n) is 3.46. The maximum atomic E-state index is 5.68. The summed E-state index contributed by atoms with van der Waals surface area (Å²) in [6.45, 7) is 0.227. The number of hydrogen-bond acceptors (Lipinski definition) is 3. The zero-order valence-corrected chi connectivity index (χ0v) is 14.6. The molecule has 2 aromatic carbocycles. The van der Waals surface area contributed by atoms with Crippen molar-refractivity contribution in [1.29, 1.82) is 0 Å². The van der Waals surface area contributed by atoms with Crippen molar-refractivity contribution in [2.24, 2.45) is 0 Å². The van der Waals surface area contributed by atoms with Crippen molar-refractivity contribution in [2.45, 2.75) is 18.2 Å². The van der Waals surface area contributed by atoms with Crippen molar-refractivity contribution in [3.05, 3.63) is 59.2 Å². The maximum Gasteiger partial charge on any atom is 0.188 e. The summed E-state index contributed by atoms with van der Waals surface area (Å²) in [6, 6.07) is 14.6. The van der Waals surface area contributed by atoms with Gasteiger partial charge in [0, 0.05) is 18.0 Å². The fourth-order valence-corrected chi connectivity index (χ4v) is 2.87. The van der Waals surface area contributed by atoms with Crippen LogP contribution in [0.3, 0.4) is 0 Å². The molecule has 0 aliphatic carbocycles.